The summed E-state index contributed by atoms with van der Waals surface area (Å²) in [5.74, 6) is 2.54. The third-order valence-electron chi connectivity index (χ3n) is 11.2. The fourth-order valence-corrected chi connectivity index (χ4v) is 9.09. The third kappa shape index (κ3) is 3.38. The fourth-order valence-electron chi connectivity index (χ4n) is 9.09. The molecular weight excluding hydrogens is 457 g/mol. The molecule has 6 heteroatoms. The van der Waals surface area contributed by atoms with Gasteiger partial charge in [0.1, 0.15) is 17.6 Å². The molecule has 194 valence electrons. The van der Waals surface area contributed by atoms with Crippen LogP contribution < -0.4 is 4.74 Å². The van der Waals surface area contributed by atoms with Gasteiger partial charge in [0, 0.05) is 23.9 Å². The van der Waals surface area contributed by atoms with Gasteiger partial charge in [0.15, 0.2) is 0 Å². The zero-order chi connectivity index (χ0) is 25.0. The Bertz CT molecular complexity index is 1120. The lowest BCUT2D eigenvalue weighted by molar-refractivity contribution is -0.146. The molecule has 1 aromatic rings. The smallest absolute Gasteiger partial charge is 0.328 e. The van der Waals surface area contributed by atoms with Crippen molar-refractivity contribution in [3.63, 3.8) is 0 Å². The number of amides is 1. The van der Waals surface area contributed by atoms with Gasteiger partial charge in [0.05, 0.1) is 19.3 Å². The van der Waals surface area contributed by atoms with Gasteiger partial charge in [0.25, 0.3) is 5.91 Å². The maximum atomic E-state index is 15.5. The first-order valence-corrected chi connectivity index (χ1v) is 14.1. The third-order valence-corrected chi connectivity index (χ3v) is 11.2. The Morgan fingerprint density at radius 1 is 1.11 bits per heavy atom. The van der Waals surface area contributed by atoms with Crippen LogP contribution in [0.15, 0.2) is 12.1 Å². The van der Waals surface area contributed by atoms with E-state index >= 15 is 4.39 Å². The number of methoxy groups -OCH3 is 1. The van der Waals surface area contributed by atoms with Crippen molar-refractivity contribution in [2.45, 2.75) is 77.2 Å². The molecular formula is C30H38FNO4. The molecule has 1 saturated heterocycles. The largest absolute Gasteiger partial charge is 0.493 e. The Hall–Kier alpha value is -2.11. The highest BCUT2D eigenvalue weighted by Crippen LogP contribution is 2.65. The van der Waals surface area contributed by atoms with Crippen LogP contribution in [-0.2, 0) is 9.53 Å². The zero-order valence-corrected chi connectivity index (χ0v) is 21.7. The highest BCUT2D eigenvalue weighted by molar-refractivity contribution is 5.98. The Morgan fingerprint density at radius 3 is 2.64 bits per heavy atom. The summed E-state index contributed by atoms with van der Waals surface area (Å²) < 4.78 is 27.0. The summed E-state index contributed by atoms with van der Waals surface area (Å²) in [6.45, 7) is 5.39. The summed E-state index contributed by atoms with van der Waals surface area (Å²) in [7, 11) is 1.36. The molecule has 0 radical (unpaired) electrons. The van der Waals surface area contributed by atoms with Crippen molar-refractivity contribution in [1.82, 2.24) is 4.90 Å². The number of halogens is 1. The van der Waals surface area contributed by atoms with Crippen LogP contribution in [-0.4, -0.2) is 43.1 Å². The average molecular weight is 496 g/mol. The summed E-state index contributed by atoms with van der Waals surface area (Å²) in [5.41, 5.74) is 1.26. The van der Waals surface area contributed by atoms with Gasteiger partial charge in [-0.15, -0.1) is 0 Å². The Morgan fingerprint density at radius 2 is 1.89 bits per heavy atom. The van der Waals surface area contributed by atoms with E-state index in [0.717, 1.165) is 36.2 Å². The number of likely N-dealkylation sites (tertiary alicyclic amines) is 1. The van der Waals surface area contributed by atoms with Crippen molar-refractivity contribution in [1.29, 1.82) is 0 Å². The normalized spacial score (nSPS) is 39.2. The molecule has 1 aliphatic heterocycles. The summed E-state index contributed by atoms with van der Waals surface area (Å²) >= 11 is 0. The minimum absolute atomic E-state index is 0.00218. The maximum absolute atomic E-state index is 15.5. The SMILES string of the molecule is COC(=O)[C@@H]1C2C(CN1C(=O)c1cc(C3CC3)c(OCC34CCC5CC(CC5C3)C4)cc1F)C2(C)C. The van der Waals surface area contributed by atoms with Crippen molar-refractivity contribution >= 4 is 11.9 Å². The molecule has 0 aromatic heterocycles. The van der Waals surface area contributed by atoms with E-state index < -0.39 is 23.7 Å². The molecule has 5 nitrogen and oxygen atoms in total. The number of esters is 1. The van der Waals surface area contributed by atoms with Crippen LogP contribution >= 0.6 is 0 Å². The number of benzene rings is 1. The van der Waals surface area contributed by atoms with E-state index in [0.29, 0.717) is 24.8 Å². The molecule has 7 atom stereocenters. The standard InChI is InChI=1S/C30H38FNO4/c1-29(2)22-14-32(26(25(22)29)28(34)35-3)27(33)21-10-20(17-4-5-17)24(11-23(21)31)36-15-30-7-6-18-8-16(12-30)9-19(18)13-30/h10-11,16-19,22,25-26H,4-9,12-15H2,1-3H3/t16?,18?,19?,22?,25?,26-,30?/m0/s1. The molecule has 6 unspecified atom stereocenters. The fraction of sp³-hybridized carbons (Fsp3) is 0.733. The highest BCUT2D eigenvalue weighted by atomic mass is 19.1. The summed E-state index contributed by atoms with van der Waals surface area (Å²) in [6.07, 6.45) is 9.93. The van der Waals surface area contributed by atoms with Crippen molar-refractivity contribution in [3.05, 3.63) is 29.1 Å². The van der Waals surface area contributed by atoms with Crippen LogP contribution in [0.25, 0.3) is 0 Å². The zero-order valence-electron chi connectivity index (χ0n) is 21.7. The number of carbonyl (C=O) groups excluding carboxylic acids is 2. The number of rotatable bonds is 6. The number of ether oxygens (including phenoxy) is 2. The molecule has 1 amide bonds. The van der Waals surface area contributed by atoms with Crippen LogP contribution in [0.3, 0.4) is 0 Å². The second-order valence-corrected chi connectivity index (χ2v) is 13.6. The maximum Gasteiger partial charge on any atom is 0.328 e. The minimum Gasteiger partial charge on any atom is -0.493 e. The molecule has 1 aromatic carbocycles. The number of carbonyl (C=O) groups is 2. The topological polar surface area (TPSA) is 55.8 Å². The number of hydrogen-bond acceptors (Lipinski definition) is 4. The van der Waals surface area contributed by atoms with Gasteiger partial charge in [-0.05, 0) is 98.0 Å². The van der Waals surface area contributed by atoms with Crippen molar-refractivity contribution in [2.75, 3.05) is 20.3 Å². The number of fused-ring (bicyclic) bond motifs is 3. The van der Waals surface area contributed by atoms with Crippen LogP contribution in [0.5, 0.6) is 5.75 Å². The van der Waals surface area contributed by atoms with Gasteiger partial charge in [-0.3, -0.25) is 4.79 Å². The van der Waals surface area contributed by atoms with Crippen LogP contribution in [0, 0.1) is 46.2 Å². The second-order valence-electron chi connectivity index (χ2n) is 13.6. The molecule has 5 saturated carbocycles. The van der Waals surface area contributed by atoms with E-state index in [1.165, 1.54) is 51.7 Å². The summed E-state index contributed by atoms with van der Waals surface area (Å²) in [5, 5.41) is 0. The lowest BCUT2D eigenvalue weighted by Crippen LogP contribution is -2.46. The van der Waals surface area contributed by atoms with Crippen LogP contribution in [0.4, 0.5) is 4.39 Å². The van der Waals surface area contributed by atoms with Crippen LogP contribution in [0.1, 0.15) is 87.1 Å². The predicted octanol–water partition coefficient (Wildman–Crippen LogP) is 5.57. The molecule has 36 heavy (non-hydrogen) atoms. The van der Waals surface area contributed by atoms with Gasteiger partial charge in [-0.2, -0.15) is 0 Å². The lowest BCUT2D eigenvalue weighted by atomic mass is 9.62. The molecule has 0 N–H and O–H groups in total. The number of nitrogens with zero attached hydrogens (tertiary/aromatic N) is 1. The predicted molar refractivity (Wildman–Crippen MR) is 132 cm³/mol. The first-order chi connectivity index (χ1) is 17.2. The average Bonchev–Trinajstić information content (AvgIpc) is 3.70. The van der Waals surface area contributed by atoms with Gasteiger partial charge in [-0.1, -0.05) is 13.8 Å². The van der Waals surface area contributed by atoms with Gasteiger partial charge >= 0.3 is 5.97 Å². The first-order valence-electron chi connectivity index (χ1n) is 14.1. The Balaban J connectivity index is 1.14. The second kappa shape index (κ2) is 7.70. The molecule has 6 aliphatic rings. The molecule has 7 rings (SSSR count). The van der Waals surface area contributed by atoms with E-state index in [1.807, 2.05) is 0 Å². The molecule has 0 spiro atoms. The molecule has 6 fully saturated rings. The van der Waals surface area contributed by atoms with E-state index in [9.17, 15) is 9.59 Å². The summed E-state index contributed by atoms with van der Waals surface area (Å²) in [4.78, 5) is 27.8. The van der Waals surface area contributed by atoms with Crippen molar-refractivity contribution in [3.8, 4) is 5.75 Å². The monoisotopic (exact) mass is 495 g/mol. The Labute approximate surface area is 213 Å². The minimum atomic E-state index is -0.641. The summed E-state index contributed by atoms with van der Waals surface area (Å²) in [6, 6.07) is 2.54. The van der Waals surface area contributed by atoms with E-state index in [1.54, 1.807) is 11.0 Å². The molecule has 1 heterocycles. The first kappa shape index (κ1) is 23.0. The highest BCUT2D eigenvalue weighted by Gasteiger charge is 2.70. The number of hydrogen-bond donors (Lipinski definition) is 0. The quantitative estimate of drug-likeness (QED) is 0.485. The molecule has 5 aliphatic carbocycles. The van der Waals surface area contributed by atoms with Gasteiger partial charge in [-0.25, -0.2) is 9.18 Å². The molecule has 3 bridgehead atoms. The van der Waals surface area contributed by atoms with Crippen molar-refractivity contribution < 1.29 is 23.5 Å². The lowest BCUT2D eigenvalue weighted by Gasteiger charge is -2.44. The van der Waals surface area contributed by atoms with Gasteiger partial charge in [0.2, 0.25) is 0 Å². The number of piperidine rings is 1. The Kier molecular flexibility index (Phi) is 4.93. The van der Waals surface area contributed by atoms with Gasteiger partial charge < -0.3 is 14.4 Å². The van der Waals surface area contributed by atoms with Crippen LogP contribution in [0.2, 0.25) is 0 Å². The van der Waals surface area contributed by atoms with E-state index in [4.69, 9.17) is 9.47 Å². The van der Waals surface area contributed by atoms with E-state index in [-0.39, 0.29) is 28.2 Å². The van der Waals surface area contributed by atoms with E-state index in [2.05, 4.69) is 13.8 Å². The van der Waals surface area contributed by atoms with Crippen molar-refractivity contribution in [2.24, 2.45) is 40.4 Å².